The number of hydrogen-bond acceptors (Lipinski definition) is 4. The van der Waals surface area contributed by atoms with Crippen LogP contribution in [0.3, 0.4) is 0 Å². The standard InChI is InChI=1S/C20H23FN2O4S/c1-22(14-17-9-10-19(27-3)18(21)13-17)20(24)15-23(2)28(25,26)12-11-16-7-5-4-6-8-16/h4-13H,14-15H2,1-3H3/b12-11+. The molecule has 0 spiro atoms. The van der Waals surface area contributed by atoms with E-state index in [1.807, 2.05) is 6.07 Å². The Labute approximate surface area is 164 Å². The van der Waals surface area contributed by atoms with Crippen LogP contribution in [0.4, 0.5) is 4.39 Å². The van der Waals surface area contributed by atoms with Crippen molar-refractivity contribution < 1.29 is 22.3 Å². The van der Waals surface area contributed by atoms with Gasteiger partial charge in [0.15, 0.2) is 11.6 Å². The van der Waals surface area contributed by atoms with Gasteiger partial charge in [-0.1, -0.05) is 36.4 Å². The van der Waals surface area contributed by atoms with E-state index in [2.05, 4.69) is 0 Å². The van der Waals surface area contributed by atoms with Gasteiger partial charge in [0, 0.05) is 26.0 Å². The zero-order valence-electron chi connectivity index (χ0n) is 16.0. The van der Waals surface area contributed by atoms with Crippen LogP contribution in [0.2, 0.25) is 0 Å². The van der Waals surface area contributed by atoms with Crippen molar-refractivity contribution in [2.45, 2.75) is 6.54 Å². The summed E-state index contributed by atoms with van der Waals surface area (Å²) in [6.45, 7) is -0.176. The lowest BCUT2D eigenvalue weighted by Crippen LogP contribution is -2.38. The highest BCUT2D eigenvalue weighted by Gasteiger charge is 2.20. The first-order valence-corrected chi connectivity index (χ1v) is 9.99. The molecule has 2 rings (SSSR count). The van der Waals surface area contributed by atoms with Crippen LogP contribution in [-0.2, 0) is 21.4 Å². The Hall–Kier alpha value is -2.71. The normalized spacial score (nSPS) is 11.8. The van der Waals surface area contributed by atoms with Gasteiger partial charge in [-0.2, -0.15) is 4.31 Å². The molecule has 0 heterocycles. The predicted octanol–water partition coefficient (Wildman–Crippen LogP) is 2.73. The van der Waals surface area contributed by atoms with Gasteiger partial charge in [-0.15, -0.1) is 0 Å². The maximum atomic E-state index is 13.8. The summed E-state index contributed by atoms with van der Waals surface area (Å²) in [5.41, 5.74) is 1.31. The van der Waals surface area contributed by atoms with Crippen LogP contribution in [0.1, 0.15) is 11.1 Å². The molecule has 0 fully saturated rings. The molecule has 0 N–H and O–H groups in total. The molecule has 1 amide bonds. The van der Waals surface area contributed by atoms with Crippen LogP contribution in [0.15, 0.2) is 53.9 Å². The van der Waals surface area contributed by atoms with Crippen LogP contribution in [0.5, 0.6) is 5.75 Å². The van der Waals surface area contributed by atoms with Gasteiger partial charge in [0.05, 0.1) is 13.7 Å². The number of nitrogens with zero attached hydrogens (tertiary/aromatic N) is 2. The van der Waals surface area contributed by atoms with Gasteiger partial charge in [0.1, 0.15) is 0 Å². The summed E-state index contributed by atoms with van der Waals surface area (Å²) in [7, 11) is 0.494. The molecule has 0 atom stereocenters. The quantitative estimate of drug-likeness (QED) is 0.676. The zero-order valence-corrected chi connectivity index (χ0v) is 16.8. The summed E-state index contributed by atoms with van der Waals surface area (Å²) in [6.07, 6.45) is 1.47. The lowest BCUT2D eigenvalue weighted by molar-refractivity contribution is -0.130. The van der Waals surface area contributed by atoms with Crippen molar-refractivity contribution in [3.63, 3.8) is 0 Å². The van der Waals surface area contributed by atoms with Crippen molar-refractivity contribution >= 4 is 22.0 Å². The molecular weight excluding hydrogens is 383 g/mol. The Bertz CT molecular complexity index is 946. The third kappa shape index (κ3) is 5.90. The van der Waals surface area contributed by atoms with Gasteiger partial charge in [-0.3, -0.25) is 4.79 Å². The second-order valence-electron chi connectivity index (χ2n) is 6.23. The number of carbonyl (C=O) groups is 1. The third-order valence-electron chi connectivity index (χ3n) is 4.09. The van der Waals surface area contributed by atoms with Gasteiger partial charge in [0.25, 0.3) is 0 Å². The number of likely N-dealkylation sites (N-methyl/N-ethyl adjacent to an activating group) is 2. The van der Waals surface area contributed by atoms with Crippen molar-refractivity contribution in [2.75, 3.05) is 27.7 Å². The zero-order chi connectivity index (χ0) is 20.7. The molecule has 8 heteroatoms. The van der Waals surface area contributed by atoms with Crippen LogP contribution >= 0.6 is 0 Å². The molecule has 150 valence electrons. The maximum absolute atomic E-state index is 13.8. The SMILES string of the molecule is COc1ccc(CN(C)C(=O)CN(C)S(=O)(=O)/C=C/c2ccccc2)cc1F. The Morgan fingerprint density at radius 2 is 1.82 bits per heavy atom. The van der Waals surface area contributed by atoms with E-state index in [9.17, 15) is 17.6 Å². The van der Waals surface area contributed by atoms with Crippen molar-refractivity contribution in [3.05, 3.63) is 70.9 Å². The van der Waals surface area contributed by atoms with Gasteiger partial charge in [-0.25, -0.2) is 12.8 Å². The molecular formula is C20H23FN2O4S. The molecule has 0 aliphatic heterocycles. The molecule has 28 heavy (non-hydrogen) atoms. The molecule has 2 aromatic carbocycles. The van der Waals surface area contributed by atoms with E-state index in [0.717, 1.165) is 15.3 Å². The highest BCUT2D eigenvalue weighted by molar-refractivity contribution is 7.92. The molecule has 0 aliphatic rings. The minimum absolute atomic E-state index is 0.119. The van der Waals surface area contributed by atoms with Gasteiger partial charge >= 0.3 is 0 Å². The van der Waals surface area contributed by atoms with Crippen LogP contribution < -0.4 is 4.74 Å². The van der Waals surface area contributed by atoms with E-state index < -0.39 is 21.7 Å². The Balaban J connectivity index is 1.98. The molecule has 6 nitrogen and oxygen atoms in total. The van der Waals surface area contributed by atoms with E-state index in [1.54, 1.807) is 30.3 Å². The molecule has 0 aliphatic carbocycles. The van der Waals surface area contributed by atoms with E-state index in [4.69, 9.17) is 4.74 Å². The molecule has 0 radical (unpaired) electrons. The number of rotatable bonds is 8. The molecule has 0 aromatic heterocycles. The lowest BCUT2D eigenvalue weighted by atomic mass is 10.2. The van der Waals surface area contributed by atoms with Crippen LogP contribution in [0.25, 0.3) is 6.08 Å². The fraction of sp³-hybridized carbons (Fsp3) is 0.250. The third-order valence-corrected chi connectivity index (χ3v) is 5.56. The number of benzene rings is 2. The number of halogens is 1. The maximum Gasteiger partial charge on any atom is 0.237 e. The van der Waals surface area contributed by atoms with Crippen molar-refractivity contribution in [1.82, 2.24) is 9.21 Å². The monoisotopic (exact) mass is 406 g/mol. The summed E-state index contributed by atoms with van der Waals surface area (Å²) in [6, 6.07) is 13.4. The number of sulfonamides is 1. The average molecular weight is 406 g/mol. The first-order chi connectivity index (χ1) is 13.2. The van der Waals surface area contributed by atoms with Crippen molar-refractivity contribution in [2.24, 2.45) is 0 Å². The van der Waals surface area contributed by atoms with E-state index in [-0.39, 0.29) is 18.8 Å². The molecule has 0 bridgehead atoms. The number of methoxy groups -OCH3 is 1. The second kappa shape index (κ2) is 9.48. The Morgan fingerprint density at radius 1 is 1.14 bits per heavy atom. The predicted molar refractivity (Wildman–Crippen MR) is 106 cm³/mol. The minimum atomic E-state index is -3.75. The highest BCUT2D eigenvalue weighted by Crippen LogP contribution is 2.18. The van der Waals surface area contributed by atoms with Crippen LogP contribution in [-0.4, -0.2) is 51.3 Å². The first-order valence-electron chi connectivity index (χ1n) is 8.49. The van der Waals surface area contributed by atoms with Crippen molar-refractivity contribution in [1.29, 1.82) is 0 Å². The van der Waals surface area contributed by atoms with E-state index in [0.29, 0.717) is 5.56 Å². The number of ether oxygens (including phenoxy) is 1. The minimum Gasteiger partial charge on any atom is -0.494 e. The molecule has 0 saturated carbocycles. The summed E-state index contributed by atoms with van der Waals surface area (Å²) >= 11 is 0. The first kappa shape index (κ1) is 21.6. The molecule has 2 aromatic rings. The summed E-state index contributed by atoms with van der Waals surface area (Å²) < 4.78 is 44.3. The Kier molecular flexibility index (Phi) is 7.31. The Morgan fingerprint density at radius 3 is 2.43 bits per heavy atom. The second-order valence-corrected chi connectivity index (χ2v) is 8.16. The fourth-order valence-corrected chi connectivity index (χ4v) is 3.23. The molecule has 0 unspecified atom stereocenters. The summed E-state index contributed by atoms with van der Waals surface area (Å²) in [5.74, 6) is -0.809. The van der Waals surface area contributed by atoms with E-state index in [1.165, 1.54) is 44.3 Å². The number of amides is 1. The van der Waals surface area contributed by atoms with Crippen LogP contribution in [0, 0.1) is 5.82 Å². The largest absolute Gasteiger partial charge is 0.494 e. The highest BCUT2D eigenvalue weighted by atomic mass is 32.2. The lowest BCUT2D eigenvalue weighted by Gasteiger charge is -2.21. The number of carbonyl (C=O) groups excluding carboxylic acids is 1. The van der Waals surface area contributed by atoms with Gasteiger partial charge in [-0.05, 0) is 29.3 Å². The average Bonchev–Trinajstić information content (AvgIpc) is 2.67. The number of hydrogen-bond donors (Lipinski definition) is 0. The topological polar surface area (TPSA) is 66.9 Å². The van der Waals surface area contributed by atoms with E-state index >= 15 is 0 Å². The molecule has 0 saturated heterocycles. The summed E-state index contributed by atoms with van der Waals surface area (Å²) in [4.78, 5) is 13.7. The summed E-state index contributed by atoms with van der Waals surface area (Å²) in [5, 5.41) is 1.06. The smallest absolute Gasteiger partial charge is 0.237 e. The van der Waals surface area contributed by atoms with Gasteiger partial charge in [0.2, 0.25) is 15.9 Å². The van der Waals surface area contributed by atoms with Crippen molar-refractivity contribution in [3.8, 4) is 5.75 Å². The fourth-order valence-electron chi connectivity index (χ4n) is 2.40. The van der Waals surface area contributed by atoms with Gasteiger partial charge < -0.3 is 9.64 Å².